The number of hydrogen-bond donors (Lipinski definition) is 1. The molecule has 208 valence electrons. The Kier molecular flexibility index (Phi) is 7.64. The fourth-order valence-corrected chi connectivity index (χ4v) is 5.31. The van der Waals surface area contributed by atoms with Crippen LogP contribution in [0.15, 0.2) is 65.9 Å². The lowest BCUT2D eigenvalue weighted by molar-refractivity contribution is -0.189. The molecule has 0 radical (unpaired) electrons. The smallest absolute Gasteiger partial charge is 0.326 e. The molecule has 2 aromatic carbocycles. The van der Waals surface area contributed by atoms with Crippen LogP contribution in [-0.2, 0) is 11.0 Å². The molecule has 1 fully saturated rings. The first kappa shape index (κ1) is 28.4. The first-order valence-corrected chi connectivity index (χ1v) is 12.5. The molecule has 1 aliphatic heterocycles. The zero-order chi connectivity index (χ0) is 28.6. The van der Waals surface area contributed by atoms with Crippen molar-refractivity contribution in [3.05, 3.63) is 82.6 Å². The molecule has 0 saturated heterocycles. The van der Waals surface area contributed by atoms with Gasteiger partial charge in [-0.1, -0.05) is 55.7 Å². The third kappa shape index (κ3) is 5.31. The van der Waals surface area contributed by atoms with Crippen molar-refractivity contribution in [2.24, 2.45) is 5.92 Å². The standard InChI is InChI=1S/C28H26F6N2O3/c1-17-22(23(37)19-11-6-3-7-12-19)26(28(32,33)34,25(39)36(17)16-18-9-4-2-5-10-18)35-24(38)20-13-8-14-21(15-20)27(29,30)31/h3,6-8,11-15,18H,2,4-5,9-10,16H2,1H3,(H,35,38)/t26-/m1/s1. The van der Waals surface area contributed by atoms with E-state index in [1.54, 1.807) is 11.4 Å². The van der Waals surface area contributed by atoms with E-state index in [2.05, 4.69) is 0 Å². The van der Waals surface area contributed by atoms with Crippen LogP contribution in [0.2, 0.25) is 0 Å². The van der Waals surface area contributed by atoms with Gasteiger partial charge in [-0.2, -0.15) is 26.3 Å². The highest BCUT2D eigenvalue weighted by Gasteiger charge is 2.70. The topological polar surface area (TPSA) is 66.5 Å². The lowest BCUT2D eigenvalue weighted by Gasteiger charge is -2.34. The molecule has 2 amide bonds. The van der Waals surface area contributed by atoms with Crippen molar-refractivity contribution >= 4 is 17.6 Å². The molecule has 1 N–H and O–H groups in total. The normalized spacial score (nSPS) is 20.9. The van der Waals surface area contributed by atoms with Gasteiger partial charge in [-0.15, -0.1) is 0 Å². The second-order valence-electron chi connectivity index (χ2n) is 9.86. The van der Waals surface area contributed by atoms with E-state index < -0.39 is 52.2 Å². The summed E-state index contributed by atoms with van der Waals surface area (Å²) < 4.78 is 84.8. The van der Waals surface area contributed by atoms with Gasteiger partial charge in [0.1, 0.15) is 0 Å². The predicted octanol–water partition coefficient (Wildman–Crippen LogP) is 6.32. The average Bonchev–Trinajstić information content (AvgIpc) is 3.10. The molecule has 2 aliphatic rings. The Labute approximate surface area is 220 Å². The zero-order valence-corrected chi connectivity index (χ0v) is 21.0. The fourth-order valence-electron chi connectivity index (χ4n) is 5.31. The van der Waals surface area contributed by atoms with Crippen LogP contribution in [0.4, 0.5) is 26.3 Å². The summed E-state index contributed by atoms with van der Waals surface area (Å²) in [5.74, 6) is -4.35. The Morgan fingerprint density at radius 2 is 1.54 bits per heavy atom. The predicted molar refractivity (Wildman–Crippen MR) is 129 cm³/mol. The third-order valence-corrected chi connectivity index (χ3v) is 7.31. The largest absolute Gasteiger partial charge is 0.425 e. The number of carbonyl (C=O) groups excluding carboxylic acids is 3. The molecular formula is C28H26F6N2O3. The van der Waals surface area contributed by atoms with Crippen molar-refractivity contribution in [1.82, 2.24) is 10.2 Å². The SMILES string of the molecule is CC1=C(C(=O)c2ccccc2)[C@](NC(=O)c2cccc(C(F)(F)F)c2)(C(F)(F)F)C(=O)N1CC1CCCCC1. The quantitative estimate of drug-likeness (QED) is 0.337. The van der Waals surface area contributed by atoms with Gasteiger partial charge in [0, 0.05) is 23.4 Å². The second kappa shape index (κ2) is 10.5. The van der Waals surface area contributed by atoms with Crippen LogP contribution < -0.4 is 5.32 Å². The van der Waals surface area contributed by atoms with Gasteiger partial charge in [0.05, 0.1) is 11.1 Å². The highest BCUT2D eigenvalue weighted by Crippen LogP contribution is 2.46. The molecule has 1 saturated carbocycles. The number of alkyl halides is 6. The van der Waals surface area contributed by atoms with Gasteiger partial charge in [-0.25, -0.2) is 0 Å². The van der Waals surface area contributed by atoms with Gasteiger partial charge in [-0.3, -0.25) is 14.4 Å². The highest BCUT2D eigenvalue weighted by atomic mass is 19.4. The number of benzene rings is 2. The van der Waals surface area contributed by atoms with Crippen LogP contribution in [0.25, 0.3) is 0 Å². The van der Waals surface area contributed by atoms with Gasteiger partial charge >= 0.3 is 12.4 Å². The second-order valence-corrected chi connectivity index (χ2v) is 9.86. The van der Waals surface area contributed by atoms with Gasteiger partial charge < -0.3 is 10.2 Å². The molecule has 0 unspecified atom stereocenters. The van der Waals surface area contributed by atoms with Crippen molar-refractivity contribution < 1.29 is 40.7 Å². The summed E-state index contributed by atoms with van der Waals surface area (Å²) in [6.07, 6.45) is -6.31. The number of rotatable bonds is 6. The van der Waals surface area contributed by atoms with Gasteiger partial charge in [0.15, 0.2) is 5.78 Å². The Morgan fingerprint density at radius 1 is 0.923 bits per heavy atom. The summed E-state index contributed by atoms with van der Waals surface area (Å²) in [7, 11) is 0. The Bertz CT molecular complexity index is 1300. The lowest BCUT2D eigenvalue weighted by Crippen LogP contribution is -2.66. The molecule has 0 bridgehead atoms. The molecule has 39 heavy (non-hydrogen) atoms. The molecular weight excluding hydrogens is 526 g/mol. The minimum Gasteiger partial charge on any atom is -0.326 e. The number of nitrogens with zero attached hydrogens (tertiary/aromatic N) is 1. The number of amides is 2. The summed E-state index contributed by atoms with van der Waals surface area (Å²) in [5, 5.41) is 1.67. The van der Waals surface area contributed by atoms with Crippen LogP contribution in [0.1, 0.15) is 65.3 Å². The van der Waals surface area contributed by atoms with Crippen LogP contribution in [0.3, 0.4) is 0 Å². The number of carbonyl (C=O) groups is 3. The first-order chi connectivity index (χ1) is 18.3. The molecule has 2 aromatic rings. The maximum atomic E-state index is 15.0. The number of Topliss-reactive ketones (excluding diaryl/α,β-unsaturated/α-hetero) is 1. The van der Waals surface area contributed by atoms with Crippen molar-refractivity contribution in [2.75, 3.05) is 6.54 Å². The van der Waals surface area contributed by atoms with Gasteiger partial charge in [-0.05, 0) is 43.9 Å². The minimum absolute atomic E-state index is 0.0759. The monoisotopic (exact) mass is 552 g/mol. The summed E-state index contributed by atoms with van der Waals surface area (Å²) in [4.78, 5) is 41.3. The number of halogens is 6. The number of nitrogens with one attached hydrogen (secondary N) is 1. The van der Waals surface area contributed by atoms with Crippen LogP contribution in [0.5, 0.6) is 0 Å². The maximum absolute atomic E-state index is 15.0. The van der Waals surface area contributed by atoms with E-state index in [0.29, 0.717) is 25.0 Å². The Morgan fingerprint density at radius 3 is 2.13 bits per heavy atom. The minimum atomic E-state index is -5.50. The van der Waals surface area contributed by atoms with E-state index in [4.69, 9.17) is 0 Å². The summed E-state index contributed by atoms with van der Waals surface area (Å²) >= 11 is 0. The number of hydrogen-bond acceptors (Lipinski definition) is 3. The van der Waals surface area contributed by atoms with Crippen molar-refractivity contribution in [1.29, 1.82) is 0 Å². The summed E-state index contributed by atoms with van der Waals surface area (Å²) in [6.45, 7) is 1.15. The average molecular weight is 553 g/mol. The van der Waals surface area contributed by atoms with E-state index in [1.807, 2.05) is 0 Å². The Hall–Kier alpha value is -3.63. The molecule has 1 heterocycles. The van der Waals surface area contributed by atoms with Crippen LogP contribution >= 0.6 is 0 Å². The first-order valence-electron chi connectivity index (χ1n) is 12.5. The fraction of sp³-hybridized carbons (Fsp3) is 0.393. The lowest BCUT2D eigenvalue weighted by atomic mass is 9.84. The van der Waals surface area contributed by atoms with Crippen molar-refractivity contribution in [3.63, 3.8) is 0 Å². The Balaban J connectivity index is 1.84. The molecule has 4 rings (SSSR count). The van der Waals surface area contributed by atoms with Gasteiger partial charge in [0.2, 0.25) is 5.54 Å². The van der Waals surface area contributed by atoms with E-state index in [0.717, 1.165) is 36.3 Å². The van der Waals surface area contributed by atoms with Crippen molar-refractivity contribution in [2.45, 2.75) is 56.9 Å². The van der Waals surface area contributed by atoms with Gasteiger partial charge in [0.25, 0.3) is 11.8 Å². The summed E-state index contributed by atoms with van der Waals surface area (Å²) in [5.41, 5.74) is -7.13. The number of allylic oxidation sites excluding steroid dienone is 1. The van der Waals surface area contributed by atoms with E-state index in [-0.39, 0.29) is 23.7 Å². The van der Waals surface area contributed by atoms with E-state index in [9.17, 15) is 27.6 Å². The maximum Gasteiger partial charge on any atom is 0.425 e. The van der Waals surface area contributed by atoms with E-state index >= 15 is 13.2 Å². The molecule has 11 heteroatoms. The molecule has 0 aromatic heterocycles. The zero-order valence-electron chi connectivity index (χ0n) is 21.0. The highest BCUT2D eigenvalue weighted by molar-refractivity contribution is 6.19. The van der Waals surface area contributed by atoms with Crippen molar-refractivity contribution in [3.8, 4) is 0 Å². The molecule has 1 atom stereocenters. The van der Waals surface area contributed by atoms with E-state index in [1.165, 1.54) is 31.2 Å². The van der Waals surface area contributed by atoms with Crippen LogP contribution in [-0.4, -0.2) is 40.8 Å². The molecule has 1 aliphatic carbocycles. The summed E-state index contributed by atoms with van der Waals surface area (Å²) in [6, 6.07) is 9.85. The molecule has 5 nitrogen and oxygen atoms in total. The molecule has 0 spiro atoms. The third-order valence-electron chi connectivity index (χ3n) is 7.31. The number of ketones is 1. The van der Waals surface area contributed by atoms with Crippen LogP contribution in [0, 0.1) is 5.92 Å².